The molecule has 0 saturated heterocycles. The summed E-state index contributed by atoms with van der Waals surface area (Å²) in [6, 6.07) is 8.36. The van der Waals surface area contributed by atoms with Crippen LogP contribution in [-0.2, 0) is 4.43 Å². The predicted octanol–water partition coefficient (Wildman–Crippen LogP) is 2.32. The van der Waals surface area contributed by atoms with Crippen LogP contribution in [0.5, 0.6) is 0 Å². The molecule has 19 heavy (non-hydrogen) atoms. The maximum atomic E-state index is 12.1. The van der Waals surface area contributed by atoms with Crippen LogP contribution in [0.1, 0.15) is 28.9 Å². The Kier molecular flexibility index (Phi) is 3.49. The van der Waals surface area contributed by atoms with Crippen molar-refractivity contribution in [3.63, 3.8) is 0 Å². The molecule has 1 heterocycles. The summed E-state index contributed by atoms with van der Waals surface area (Å²) in [5.41, 5.74) is 8.71. The Morgan fingerprint density at radius 2 is 2.26 bits per heavy atom. The van der Waals surface area contributed by atoms with Gasteiger partial charge in [0.15, 0.2) is 0 Å². The van der Waals surface area contributed by atoms with Crippen LogP contribution in [-0.4, -0.2) is 23.0 Å². The molecule has 5 heteroatoms. The molecule has 0 aliphatic heterocycles. The highest BCUT2D eigenvalue weighted by atomic mass is 127. The number of hydrogen-bond acceptors (Lipinski definition) is 2. The first-order valence-corrected chi connectivity index (χ1v) is 7.94. The first-order valence-electron chi connectivity index (χ1n) is 6.41. The second-order valence-corrected chi connectivity index (χ2v) is 5.82. The number of halogens is 1. The fourth-order valence-corrected chi connectivity index (χ4v) is 2.81. The summed E-state index contributed by atoms with van der Waals surface area (Å²) in [6.45, 7) is 0. The van der Waals surface area contributed by atoms with Crippen LogP contribution in [0, 0.1) is 0 Å². The van der Waals surface area contributed by atoms with Gasteiger partial charge in [-0.3, -0.25) is 4.79 Å². The number of alkyl halides is 1. The van der Waals surface area contributed by atoms with E-state index >= 15 is 0 Å². The molecule has 1 amide bonds. The predicted molar refractivity (Wildman–Crippen MR) is 84.5 cm³/mol. The standard InChI is InChI=1S/C14H16IN3O/c15-7-8-1-3-11-9(5-8)6-13(17-11)14(19)18-12-4-2-10(12)16/h1,3,5-6,10,12,17H,2,4,7,16H2,(H,18,19)/t10-,12+/m0/s1. The van der Waals surface area contributed by atoms with Crippen LogP contribution in [0.15, 0.2) is 24.3 Å². The van der Waals surface area contributed by atoms with Gasteiger partial charge in [0, 0.05) is 27.4 Å². The summed E-state index contributed by atoms with van der Waals surface area (Å²) in [4.78, 5) is 15.3. The molecular formula is C14H16IN3O. The van der Waals surface area contributed by atoms with Crippen molar-refractivity contribution in [3.05, 3.63) is 35.5 Å². The van der Waals surface area contributed by atoms with Crippen LogP contribution in [0.2, 0.25) is 0 Å². The molecule has 4 N–H and O–H groups in total. The molecule has 4 nitrogen and oxygen atoms in total. The van der Waals surface area contributed by atoms with Crippen LogP contribution in [0.4, 0.5) is 0 Å². The van der Waals surface area contributed by atoms with Crippen molar-refractivity contribution in [1.82, 2.24) is 10.3 Å². The number of carbonyl (C=O) groups excluding carboxylic acids is 1. The van der Waals surface area contributed by atoms with Crippen molar-refractivity contribution in [3.8, 4) is 0 Å². The average molecular weight is 369 g/mol. The van der Waals surface area contributed by atoms with Gasteiger partial charge in [0.2, 0.25) is 0 Å². The monoisotopic (exact) mass is 369 g/mol. The Morgan fingerprint density at radius 1 is 1.42 bits per heavy atom. The molecule has 1 aromatic carbocycles. The van der Waals surface area contributed by atoms with Crippen LogP contribution in [0.3, 0.4) is 0 Å². The second-order valence-electron chi connectivity index (χ2n) is 5.06. The summed E-state index contributed by atoms with van der Waals surface area (Å²) >= 11 is 2.33. The van der Waals surface area contributed by atoms with Crippen LogP contribution < -0.4 is 11.1 Å². The summed E-state index contributed by atoms with van der Waals surface area (Å²) in [7, 11) is 0. The first-order chi connectivity index (χ1) is 9.17. The van der Waals surface area contributed by atoms with E-state index in [0.717, 1.165) is 28.2 Å². The number of rotatable bonds is 3. The summed E-state index contributed by atoms with van der Waals surface area (Å²) in [5, 5.41) is 4.06. The van der Waals surface area contributed by atoms with Gasteiger partial charge in [-0.25, -0.2) is 0 Å². The Bertz CT molecular complexity index is 622. The Morgan fingerprint density at radius 3 is 2.89 bits per heavy atom. The number of amides is 1. The van der Waals surface area contributed by atoms with E-state index in [1.54, 1.807) is 0 Å². The van der Waals surface area contributed by atoms with Gasteiger partial charge in [0.05, 0.1) is 0 Å². The van der Waals surface area contributed by atoms with Crippen molar-refractivity contribution in [2.75, 3.05) is 0 Å². The van der Waals surface area contributed by atoms with Gasteiger partial charge in [0.1, 0.15) is 5.69 Å². The lowest BCUT2D eigenvalue weighted by Gasteiger charge is -2.33. The summed E-state index contributed by atoms with van der Waals surface area (Å²) < 4.78 is 0.970. The Hall–Kier alpha value is -1.08. The van der Waals surface area contributed by atoms with E-state index in [1.165, 1.54) is 5.56 Å². The van der Waals surface area contributed by atoms with E-state index in [9.17, 15) is 4.79 Å². The molecule has 1 aliphatic rings. The van der Waals surface area contributed by atoms with Crippen molar-refractivity contribution in [2.45, 2.75) is 29.4 Å². The third kappa shape index (κ3) is 2.49. The molecule has 2 aromatic rings. The molecule has 0 bridgehead atoms. The van der Waals surface area contributed by atoms with E-state index in [0.29, 0.717) is 5.69 Å². The minimum atomic E-state index is -0.0626. The normalized spacial score (nSPS) is 22.2. The number of aromatic nitrogens is 1. The second kappa shape index (κ2) is 5.13. The maximum Gasteiger partial charge on any atom is 0.268 e. The number of H-pyrrole nitrogens is 1. The van der Waals surface area contributed by atoms with E-state index < -0.39 is 0 Å². The molecule has 0 radical (unpaired) electrons. The largest absolute Gasteiger partial charge is 0.351 e. The van der Waals surface area contributed by atoms with Gasteiger partial charge in [-0.15, -0.1) is 0 Å². The highest BCUT2D eigenvalue weighted by molar-refractivity contribution is 14.1. The number of nitrogens with one attached hydrogen (secondary N) is 2. The van der Waals surface area contributed by atoms with E-state index in [2.05, 4.69) is 45.0 Å². The molecule has 2 atom stereocenters. The van der Waals surface area contributed by atoms with Gasteiger partial charge in [-0.05, 0) is 36.6 Å². The average Bonchev–Trinajstić information content (AvgIpc) is 2.85. The fraction of sp³-hybridized carbons (Fsp3) is 0.357. The highest BCUT2D eigenvalue weighted by Gasteiger charge is 2.29. The quantitative estimate of drug-likeness (QED) is 0.574. The molecule has 3 rings (SSSR count). The van der Waals surface area contributed by atoms with Crippen molar-refractivity contribution in [1.29, 1.82) is 0 Å². The molecule has 0 unspecified atom stereocenters. The number of benzene rings is 1. The summed E-state index contributed by atoms with van der Waals surface area (Å²) in [6.07, 6.45) is 1.97. The summed E-state index contributed by atoms with van der Waals surface area (Å²) in [5.74, 6) is -0.0626. The van der Waals surface area contributed by atoms with E-state index in [1.807, 2.05) is 12.1 Å². The zero-order chi connectivity index (χ0) is 13.4. The van der Waals surface area contributed by atoms with Crippen LogP contribution in [0.25, 0.3) is 10.9 Å². The smallest absolute Gasteiger partial charge is 0.268 e. The Labute approximate surface area is 125 Å². The third-order valence-electron chi connectivity index (χ3n) is 3.73. The van der Waals surface area contributed by atoms with E-state index in [-0.39, 0.29) is 18.0 Å². The molecule has 0 spiro atoms. The first kappa shape index (κ1) is 12.9. The highest BCUT2D eigenvalue weighted by Crippen LogP contribution is 2.21. The molecule has 1 aliphatic carbocycles. The minimum Gasteiger partial charge on any atom is -0.351 e. The van der Waals surface area contributed by atoms with Gasteiger partial charge in [0.25, 0.3) is 5.91 Å². The maximum absolute atomic E-state index is 12.1. The fourth-order valence-electron chi connectivity index (χ4n) is 2.34. The zero-order valence-corrected chi connectivity index (χ0v) is 12.6. The van der Waals surface area contributed by atoms with Gasteiger partial charge < -0.3 is 16.0 Å². The zero-order valence-electron chi connectivity index (χ0n) is 10.4. The van der Waals surface area contributed by atoms with Crippen molar-refractivity contribution < 1.29 is 4.79 Å². The topological polar surface area (TPSA) is 70.9 Å². The molecule has 1 saturated carbocycles. The lowest BCUT2D eigenvalue weighted by atomic mass is 9.87. The van der Waals surface area contributed by atoms with Crippen molar-refractivity contribution >= 4 is 39.4 Å². The Balaban J connectivity index is 1.82. The number of hydrogen-bond donors (Lipinski definition) is 3. The van der Waals surface area contributed by atoms with E-state index in [4.69, 9.17) is 5.73 Å². The number of nitrogens with two attached hydrogens (primary N) is 1. The minimum absolute atomic E-state index is 0.0626. The number of carbonyl (C=O) groups is 1. The molecule has 1 aromatic heterocycles. The lowest BCUT2D eigenvalue weighted by Crippen LogP contribution is -2.54. The van der Waals surface area contributed by atoms with Crippen molar-refractivity contribution in [2.24, 2.45) is 5.73 Å². The number of fused-ring (bicyclic) bond motifs is 1. The third-order valence-corrected chi connectivity index (χ3v) is 4.61. The number of aromatic amines is 1. The SMILES string of the molecule is N[C@H]1CC[C@H]1NC(=O)c1cc2cc(CI)ccc2[nH]1. The lowest BCUT2D eigenvalue weighted by molar-refractivity contribution is 0.0901. The van der Waals surface area contributed by atoms with Gasteiger partial charge in [-0.1, -0.05) is 28.7 Å². The molecular weight excluding hydrogens is 353 g/mol. The molecule has 1 fully saturated rings. The van der Waals surface area contributed by atoms with Crippen LogP contribution >= 0.6 is 22.6 Å². The molecule has 100 valence electrons. The van der Waals surface area contributed by atoms with Gasteiger partial charge >= 0.3 is 0 Å². The van der Waals surface area contributed by atoms with Gasteiger partial charge in [-0.2, -0.15) is 0 Å².